The Balaban J connectivity index is 2.01. The summed E-state index contributed by atoms with van der Waals surface area (Å²) in [6.45, 7) is 4.47. The van der Waals surface area contributed by atoms with Gasteiger partial charge in [-0.05, 0) is 31.0 Å². The van der Waals surface area contributed by atoms with Crippen LogP contribution in [0.5, 0.6) is 0 Å². The van der Waals surface area contributed by atoms with Crippen LogP contribution >= 0.6 is 0 Å². The van der Waals surface area contributed by atoms with Gasteiger partial charge in [0.1, 0.15) is 6.33 Å². The summed E-state index contributed by atoms with van der Waals surface area (Å²) in [7, 11) is 0. The highest BCUT2D eigenvalue weighted by atomic mass is 15.3. The van der Waals surface area contributed by atoms with Crippen LogP contribution in [0.15, 0.2) is 36.9 Å². The molecule has 0 radical (unpaired) electrons. The van der Waals surface area contributed by atoms with Gasteiger partial charge >= 0.3 is 0 Å². The van der Waals surface area contributed by atoms with E-state index in [1.165, 1.54) is 25.7 Å². The van der Waals surface area contributed by atoms with Crippen LogP contribution in [0.4, 0.5) is 0 Å². The number of pyridine rings is 1. The van der Waals surface area contributed by atoms with Gasteiger partial charge in [0.25, 0.3) is 5.78 Å². The number of aromatic nitrogens is 5. The van der Waals surface area contributed by atoms with E-state index >= 15 is 0 Å². The van der Waals surface area contributed by atoms with Crippen molar-refractivity contribution in [1.82, 2.24) is 24.6 Å². The van der Waals surface area contributed by atoms with Gasteiger partial charge in [-0.25, -0.2) is 4.98 Å². The Hall–Kier alpha value is -2.30. The molecule has 1 unspecified atom stereocenters. The zero-order valence-corrected chi connectivity index (χ0v) is 13.8. The van der Waals surface area contributed by atoms with Crippen molar-refractivity contribution < 1.29 is 0 Å². The molecule has 0 N–H and O–H groups in total. The zero-order chi connectivity index (χ0) is 16.1. The summed E-state index contributed by atoms with van der Waals surface area (Å²) in [5.74, 6) is 1.15. The molecule has 5 nitrogen and oxygen atoms in total. The second-order valence-electron chi connectivity index (χ2n) is 5.87. The number of hydrogen-bond donors (Lipinski definition) is 0. The first-order valence-electron chi connectivity index (χ1n) is 8.44. The van der Waals surface area contributed by atoms with Gasteiger partial charge in [0, 0.05) is 29.6 Å². The molecule has 3 aromatic rings. The summed E-state index contributed by atoms with van der Waals surface area (Å²) in [6.07, 6.45) is 11.2. The van der Waals surface area contributed by atoms with E-state index < -0.39 is 0 Å². The Morgan fingerprint density at radius 2 is 1.96 bits per heavy atom. The Morgan fingerprint density at radius 3 is 2.70 bits per heavy atom. The van der Waals surface area contributed by atoms with Gasteiger partial charge in [0.2, 0.25) is 0 Å². The predicted molar refractivity (Wildman–Crippen MR) is 91.2 cm³/mol. The molecule has 0 amide bonds. The van der Waals surface area contributed by atoms with Gasteiger partial charge in [0.05, 0.1) is 5.69 Å². The van der Waals surface area contributed by atoms with Crippen molar-refractivity contribution in [2.45, 2.75) is 51.9 Å². The predicted octanol–water partition coefficient (Wildman–Crippen LogP) is 4.26. The van der Waals surface area contributed by atoms with Gasteiger partial charge in [-0.1, -0.05) is 33.1 Å². The molecule has 0 spiro atoms. The van der Waals surface area contributed by atoms with E-state index in [4.69, 9.17) is 4.98 Å². The molecule has 0 fully saturated rings. The number of unbranched alkanes of at least 4 members (excludes halogenated alkanes) is 2. The largest absolute Gasteiger partial charge is 0.265 e. The third-order valence-corrected chi connectivity index (χ3v) is 4.31. The van der Waals surface area contributed by atoms with Crippen molar-refractivity contribution in [3.05, 3.63) is 42.6 Å². The fourth-order valence-electron chi connectivity index (χ4n) is 2.97. The maximum absolute atomic E-state index is 4.75. The molecule has 23 heavy (non-hydrogen) atoms. The van der Waals surface area contributed by atoms with Crippen LogP contribution in [0.25, 0.3) is 17.0 Å². The Labute approximate surface area is 136 Å². The smallest absolute Gasteiger partial charge is 0.252 e. The molecule has 0 saturated carbocycles. The topological polar surface area (TPSA) is 56.0 Å². The summed E-state index contributed by atoms with van der Waals surface area (Å²) in [5, 5.41) is 4.32. The zero-order valence-electron chi connectivity index (χ0n) is 13.8. The summed E-state index contributed by atoms with van der Waals surface area (Å²) < 4.78 is 1.80. The van der Waals surface area contributed by atoms with Crippen molar-refractivity contribution in [1.29, 1.82) is 0 Å². The monoisotopic (exact) mass is 309 g/mol. The quantitative estimate of drug-likeness (QED) is 0.612. The normalized spacial score (nSPS) is 12.6. The minimum atomic E-state index is 0.476. The first-order chi connectivity index (χ1) is 11.3. The van der Waals surface area contributed by atoms with E-state index in [-0.39, 0.29) is 0 Å². The lowest BCUT2D eigenvalue weighted by atomic mass is 9.94. The first kappa shape index (κ1) is 15.6. The molecule has 1 atom stereocenters. The molecular formula is C18H23N5. The molecule has 3 heterocycles. The van der Waals surface area contributed by atoms with Crippen molar-refractivity contribution in [2.75, 3.05) is 0 Å². The molecule has 0 saturated heterocycles. The number of fused-ring (bicyclic) bond motifs is 1. The van der Waals surface area contributed by atoms with Crippen molar-refractivity contribution in [3.8, 4) is 11.3 Å². The van der Waals surface area contributed by atoms with Crippen LogP contribution in [0.3, 0.4) is 0 Å². The summed E-state index contributed by atoms with van der Waals surface area (Å²) >= 11 is 0. The highest BCUT2D eigenvalue weighted by molar-refractivity contribution is 5.61. The van der Waals surface area contributed by atoms with E-state index in [0.29, 0.717) is 11.7 Å². The van der Waals surface area contributed by atoms with Crippen LogP contribution in [0.2, 0.25) is 0 Å². The Kier molecular flexibility index (Phi) is 4.95. The third kappa shape index (κ3) is 3.38. The first-order valence-corrected chi connectivity index (χ1v) is 8.44. The van der Waals surface area contributed by atoms with Crippen LogP contribution in [0.1, 0.15) is 57.6 Å². The lowest BCUT2D eigenvalue weighted by molar-refractivity contribution is 0.543. The molecule has 3 aromatic heterocycles. The fourth-order valence-corrected chi connectivity index (χ4v) is 2.97. The third-order valence-electron chi connectivity index (χ3n) is 4.31. The van der Waals surface area contributed by atoms with Crippen LogP contribution < -0.4 is 0 Å². The molecule has 0 aromatic carbocycles. The number of rotatable bonds is 7. The van der Waals surface area contributed by atoms with Gasteiger partial charge in [-0.3, -0.25) is 4.98 Å². The average Bonchev–Trinajstić information content (AvgIpc) is 3.07. The number of nitrogens with zero attached hydrogens (tertiary/aromatic N) is 5. The standard InChI is InChI=1S/C18H23N5/c1-3-5-6-7-14(4-2)16-12-17(15-8-10-19-11-9-15)23-18(22-16)20-13-21-23/h8-14H,3-7H2,1-2H3. The van der Waals surface area contributed by atoms with Crippen LogP contribution in [0, 0.1) is 0 Å². The molecule has 0 bridgehead atoms. The van der Waals surface area contributed by atoms with Gasteiger partial charge in [-0.2, -0.15) is 14.6 Å². The lowest BCUT2D eigenvalue weighted by Crippen LogP contribution is -2.06. The van der Waals surface area contributed by atoms with Crippen LogP contribution in [-0.4, -0.2) is 24.6 Å². The number of hydrogen-bond acceptors (Lipinski definition) is 4. The molecule has 120 valence electrons. The second-order valence-corrected chi connectivity index (χ2v) is 5.87. The van der Waals surface area contributed by atoms with Gasteiger partial charge < -0.3 is 0 Å². The van der Waals surface area contributed by atoms with Crippen LogP contribution in [-0.2, 0) is 0 Å². The summed E-state index contributed by atoms with van der Waals surface area (Å²) in [5.41, 5.74) is 3.23. The lowest BCUT2D eigenvalue weighted by Gasteiger charge is -2.16. The van der Waals surface area contributed by atoms with Gasteiger partial charge in [-0.15, -0.1) is 0 Å². The minimum Gasteiger partial charge on any atom is -0.265 e. The molecule has 0 aliphatic carbocycles. The SMILES string of the molecule is CCCCCC(CC)c1cc(-c2ccncc2)n2ncnc2n1. The Morgan fingerprint density at radius 1 is 1.13 bits per heavy atom. The van der Waals surface area contributed by atoms with Crippen molar-refractivity contribution in [2.24, 2.45) is 0 Å². The summed E-state index contributed by atoms with van der Waals surface area (Å²) in [4.78, 5) is 13.2. The molecule has 5 heteroatoms. The molecular weight excluding hydrogens is 286 g/mol. The Bertz CT molecular complexity index is 750. The minimum absolute atomic E-state index is 0.476. The molecule has 3 rings (SSSR count). The van der Waals surface area contributed by atoms with Gasteiger partial charge in [0.15, 0.2) is 0 Å². The van der Waals surface area contributed by atoms with Crippen molar-refractivity contribution in [3.63, 3.8) is 0 Å². The highest BCUT2D eigenvalue weighted by Crippen LogP contribution is 2.28. The van der Waals surface area contributed by atoms with E-state index in [9.17, 15) is 0 Å². The van der Waals surface area contributed by atoms with E-state index in [1.54, 1.807) is 23.2 Å². The summed E-state index contributed by atoms with van der Waals surface area (Å²) in [6, 6.07) is 6.16. The van der Waals surface area contributed by atoms with E-state index in [0.717, 1.165) is 23.4 Å². The van der Waals surface area contributed by atoms with E-state index in [2.05, 4.69) is 35.0 Å². The highest BCUT2D eigenvalue weighted by Gasteiger charge is 2.16. The molecule has 0 aliphatic heterocycles. The second kappa shape index (κ2) is 7.31. The van der Waals surface area contributed by atoms with E-state index in [1.807, 2.05) is 12.1 Å². The average molecular weight is 309 g/mol. The fraction of sp³-hybridized carbons (Fsp3) is 0.444. The maximum Gasteiger partial charge on any atom is 0.252 e. The van der Waals surface area contributed by atoms with Crippen molar-refractivity contribution >= 4 is 5.78 Å². The molecule has 0 aliphatic rings. The maximum atomic E-state index is 4.75.